The molecule has 1 aromatic carbocycles. The van der Waals surface area contributed by atoms with Gasteiger partial charge in [0.2, 0.25) is 0 Å². The fraction of sp³-hybridized carbons (Fsp3) is 0.529. The molecule has 1 N–H and O–H groups in total. The van der Waals surface area contributed by atoms with Gasteiger partial charge in [-0.25, -0.2) is 4.79 Å². The second-order valence-electron chi connectivity index (χ2n) is 6.07. The second kappa shape index (κ2) is 6.80. The highest BCUT2D eigenvalue weighted by molar-refractivity contribution is 5.89. The van der Waals surface area contributed by atoms with Gasteiger partial charge in [0.15, 0.2) is 0 Å². The van der Waals surface area contributed by atoms with E-state index < -0.39 is 5.41 Å². The van der Waals surface area contributed by atoms with E-state index in [1.165, 1.54) is 0 Å². The minimum Gasteiger partial charge on any atom is -0.377 e. The van der Waals surface area contributed by atoms with Crippen molar-refractivity contribution in [3.8, 4) is 6.07 Å². The Kier molecular flexibility index (Phi) is 5.04. The quantitative estimate of drug-likeness (QED) is 0.932. The maximum Gasteiger partial charge on any atom is 0.322 e. The summed E-state index contributed by atoms with van der Waals surface area (Å²) in [5.41, 5.74) is 1.15. The van der Waals surface area contributed by atoms with Crippen molar-refractivity contribution in [2.24, 2.45) is 0 Å². The van der Waals surface area contributed by atoms with Crippen LogP contribution in [0.2, 0.25) is 0 Å². The summed E-state index contributed by atoms with van der Waals surface area (Å²) in [6.45, 7) is 7.60. The average Bonchev–Trinajstić information content (AvgIpc) is 2.55. The van der Waals surface area contributed by atoms with Crippen LogP contribution in [0, 0.1) is 11.3 Å². The van der Waals surface area contributed by atoms with E-state index >= 15 is 0 Å². The number of morpholine rings is 1. The van der Waals surface area contributed by atoms with Gasteiger partial charge in [0.25, 0.3) is 0 Å². The van der Waals surface area contributed by atoms with Crippen LogP contribution >= 0.6 is 0 Å². The molecular weight excluding hydrogens is 278 g/mol. The van der Waals surface area contributed by atoms with Crippen LogP contribution in [0.15, 0.2) is 24.3 Å². The van der Waals surface area contributed by atoms with Crippen molar-refractivity contribution in [2.45, 2.75) is 38.6 Å². The molecule has 1 aliphatic rings. The molecule has 0 unspecified atom stereocenters. The van der Waals surface area contributed by atoms with Crippen molar-refractivity contribution >= 4 is 11.7 Å². The third-order valence-corrected chi connectivity index (χ3v) is 4.10. The fourth-order valence-electron chi connectivity index (χ4n) is 2.49. The first-order valence-corrected chi connectivity index (χ1v) is 7.65. The number of carbonyl (C=O) groups excluding carboxylic acids is 1. The van der Waals surface area contributed by atoms with Crippen molar-refractivity contribution in [3.63, 3.8) is 0 Å². The molecule has 0 spiro atoms. The number of rotatable bonds is 3. The molecular formula is C17H23N3O2. The van der Waals surface area contributed by atoms with Crippen LogP contribution in [-0.4, -0.2) is 36.7 Å². The van der Waals surface area contributed by atoms with E-state index in [0.717, 1.165) is 17.7 Å². The first kappa shape index (κ1) is 16.3. The van der Waals surface area contributed by atoms with Crippen molar-refractivity contribution in [1.29, 1.82) is 5.26 Å². The number of hydrogen-bond acceptors (Lipinski definition) is 3. The van der Waals surface area contributed by atoms with E-state index in [1.807, 2.05) is 43.0 Å². The van der Waals surface area contributed by atoms with Crippen molar-refractivity contribution < 1.29 is 9.53 Å². The van der Waals surface area contributed by atoms with Gasteiger partial charge in [-0.15, -0.1) is 0 Å². The number of ether oxygens (including phenoxy) is 1. The van der Waals surface area contributed by atoms with Gasteiger partial charge in [0.1, 0.15) is 0 Å². The van der Waals surface area contributed by atoms with Gasteiger partial charge in [-0.3, -0.25) is 0 Å². The molecule has 1 heterocycles. The summed E-state index contributed by atoms with van der Waals surface area (Å²) < 4.78 is 5.42. The Balaban J connectivity index is 2.04. The van der Waals surface area contributed by atoms with E-state index in [1.54, 1.807) is 0 Å². The zero-order valence-corrected chi connectivity index (χ0v) is 13.4. The lowest BCUT2D eigenvalue weighted by atomic mass is 9.86. The first-order valence-electron chi connectivity index (χ1n) is 7.65. The lowest BCUT2D eigenvalue weighted by molar-refractivity contribution is 0.0144. The van der Waals surface area contributed by atoms with Crippen LogP contribution < -0.4 is 5.32 Å². The smallest absolute Gasteiger partial charge is 0.322 e. The molecule has 0 radical (unpaired) electrons. The molecule has 5 nitrogen and oxygen atoms in total. The molecule has 22 heavy (non-hydrogen) atoms. The van der Waals surface area contributed by atoms with E-state index in [9.17, 15) is 4.79 Å². The van der Waals surface area contributed by atoms with Gasteiger partial charge in [-0.1, -0.05) is 19.1 Å². The highest BCUT2D eigenvalue weighted by Crippen LogP contribution is 2.24. The molecule has 1 aliphatic heterocycles. The zero-order chi connectivity index (χ0) is 16.2. The van der Waals surface area contributed by atoms with Gasteiger partial charge >= 0.3 is 6.03 Å². The van der Waals surface area contributed by atoms with Crippen LogP contribution in [0.4, 0.5) is 10.5 Å². The third kappa shape index (κ3) is 3.58. The number of amides is 2. The van der Waals surface area contributed by atoms with Crippen molar-refractivity contribution in [1.82, 2.24) is 4.90 Å². The summed E-state index contributed by atoms with van der Waals surface area (Å²) in [6.07, 6.45) is 0.878. The largest absolute Gasteiger partial charge is 0.377 e. The Hall–Kier alpha value is -2.06. The Morgan fingerprint density at radius 1 is 1.45 bits per heavy atom. The molecule has 1 atom stereocenters. The summed E-state index contributed by atoms with van der Waals surface area (Å²) >= 11 is 0. The SMILES string of the molecule is CC[C@@H]1COCCN1C(=O)Nc1ccc(C(C)(C)C#N)cc1. The molecule has 0 aliphatic carbocycles. The number of nitrogens with zero attached hydrogens (tertiary/aromatic N) is 2. The van der Waals surface area contributed by atoms with Crippen molar-refractivity contribution in [2.75, 3.05) is 25.1 Å². The summed E-state index contributed by atoms with van der Waals surface area (Å²) in [4.78, 5) is 14.2. The van der Waals surface area contributed by atoms with Gasteiger partial charge in [0, 0.05) is 12.2 Å². The number of nitrogens with one attached hydrogen (secondary N) is 1. The van der Waals surface area contributed by atoms with E-state index in [-0.39, 0.29) is 12.1 Å². The molecule has 5 heteroatoms. The minimum absolute atomic E-state index is 0.0950. The molecule has 0 bridgehead atoms. The van der Waals surface area contributed by atoms with Crippen LogP contribution in [-0.2, 0) is 10.2 Å². The number of carbonyl (C=O) groups is 1. The zero-order valence-electron chi connectivity index (χ0n) is 13.4. The van der Waals surface area contributed by atoms with Crippen LogP contribution in [0.5, 0.6) is 0 Å². The number of nitriles is 1. The highest BCUT2D eigenvalue weighted by Gasteiger charge is 2.26. The molecule has 0 aromatic heterocycles. The number of benzene rings is 1. The van der Waals surface area contributed by atoms with Crippen LogP contribution in [0.25, 0.3) is 0 Å². The van der Waals surface area contributed by atoms with Gasteiger partial charge in [0.05, 0.1) is 30.7 Å². The Morgan fingerprint density at radius 2 is 2.14 bits per heavy atom. The third-order valence-electron chi connectivity index (χ3n) is 4.10. The van der Waals surface area contributed by atoms with Gasteiger partial charge < -0.3 is 15.0 Å². The predicted molar refractivity (Wildman–Crippen MR) is 85.7 cm³/mol. The topological polar surface area (TPSA) is 65.4 Å². The number of anilines is 1. The number of urea groups is 1. The second-order valence-corrected chi connectivity index (χ2v) is 6.07. The molecule has 1 aromatic rings. The van der Waals surface area contributed by atoms with E-state index in [2.05, 4.69) is 18.3 Å². The predicted octanol–water partition coefficient (Wildman–Crippen LogP) is 3.13. The Bertz CT molecular complexity index is 560. The maximum absolute atomic E-state index is 12.4. The monoisotopic (exact) mass is 301 g/mol. The Morgan fingerprint density at radius 3 is 2.73 bits per heavy atom. The molecule has 2 rings (SSSR count). The van der Waals surface area contributed by atoms with E-state index in [0.29, 0.717) is 19.8 Å². The fourth-order valence-corrected chi connectivity index (χ4v) is 2.49. The summed E-state index contributed by atoms with van der Waals surface area (Å²) in [5, 5.41) is 12.1. The molecule has 118 valence electrons. The van der Waals surface area contributed by atoms with Crippen molar-refractivity contribution in [3.05, 3.63) is 29.8 Å². The van der Waals surface area contributed by atoms with Crippen LogP contribution in [0.3, 0.4) is 0 Å². The average molecular weight is 301 g/mol. The Labute approximate surface area is 131 Å². The standard InChI is InChI=1S/C17H23N3O2/c1-4-15-11-22-10-9-20(15)16(21)19-14-7-5-13(6-8-14)17(2,3)12-18/h5-8,15H,4,9-11H2,1-3H3,(H,19,21)/t15-/m1/s1. The lowest BCUT2D eigenvalue weighted by Crippen LogP contribution is -2.50. The first-order chi connectivity index (χ1) is 10.5. The van der Waals surface area contributed by atoms with E-state index in [4.69, 9.17) is 10.00 Å². The molecule has 1 fully saturated rings. The van der Waals surface area contributed by atoms with Crippen LogP contribution in [0.1, 0.15) is 32.8 Å². The summed E-state index contributed by atoms with van der Waals surface area (Å²) in [6, 6.07) is 9.76. The number of hydrogen-bond donors (Lipinski definition) is 1. The normalized spacial score (nSPS) is 18.6. The maximum atomic E-state index is 12.4. The van der Waals surface area contributed by atoms with Gasteiger partial charge in [-0.05, 0) is 38.0 Å². The summed E-state index contributed by atoms with van der Waals surface area (Å²) in [7, 11) is 0. The lowest BCUT2D eigenvalue weighted by Gasteiger charge is -2.35. The molecule has 1 saturated heterocycles. The molecule has 0 saturated carbocycles. The minimum atomic E-state index is -0.528. The molecule has 2 amide bonds. The highest BCUT2D eigenvalue weighted by atomic mass is 16.5. The summed E-state index contributed by atoms with van der Waals surface area (Å²) in [5.74, 6) is 0. The van der Waals surface area contributed by atoms with Gasteiger partial charge in [-0.2, -0.15) is 5.26 Å².